The Bertz CT molecular complexity index is 518. The quantitative estimate of drug-likeness (QED) is 0.395. The lowest BCUT2D eigenvalue weighted by Gasteiger charge is -2.21. The Morgan fingerprint density at radius 3 is 2.36 bits per heavy atom. The van der Waals surface area contributed by atoms with Crippen LogP contribution in [0.25, 0.3) is 0 Å². The van der Waals surface area contributed by atoms with Crippen molar-refractivity contribution >= 4 is 35.8 Å². The fourth-order valence-corrected chi connectivity index (χ4v) is 1.89. The maximum absolute atomic E-state index is 11.7. The molecule has 22 heavy (non-hydrogen) atoms. The number of amides is 1. The van der Waals surface area contributed by atoms with Crippen molar-refractivity contribution in [1.82, 2.24) is 16.0 Å². The van der Waals surface area contributed by atoms with E-state index in [1.807, 2.05) is 40.7 Å². The fourth-order valence-electron chi connectivity index (χ4n) is 1.89. The molecule has 126 valence electrons. The standard InChI is InChI=1S/C15H26N4O2.HI/c1-10-7-12(11(2)21-10)8-17-14(16-6)18-9-13(20)19-15(3,4)5;/h7H,8-9H2,1-6H3,(H,19,20)(H2,16,17,18);1H. The second-order valence-electron chi connectivity index (χ2n) is 6.02. The number of rotatable bonds is 4. The number of hydrogen-bond donors (Lipinski definition) is 3. The van der Waals surface area contributed by atoms with E-state index in [0.29, 0.717) is 12.5 Å². The number of hydrogen-bond acceptors (Lipinski definition) is 3. The number of furan rings is 1. The molecule has 1 heterocycles. The molecular weight excluding hydrogens is 395 g/mol. The fraction of sp³-hybridized carbons (Fsp3) is 0.600. The van der Waals surface area contributed by atoms with Gasteiger partial charge in [-0.1, -0.05) is 0 Å². The summed E-state index contributed by atoms with van der Waals surface area (Å²) in [5.74, 6) is 2.29. The number of nitrogens with zero attached hydrogens (tertiary/aromatic N) is 1. The van der Waals surface area contributed by atoms with Gasteiger partial charge in [0.1, 0.15) is 11.5 Å². The molecule has 1 aromatic rings. The number of nitrogens with one attached hydrogen (secondary N) is 3. The first-order valence-electron chi connectivity index (χ1n) is 7.02. The monoisotopic (exact) mass is 422 g/mol. The molecule has 0 aromatic carbocycles. The van der Waals surface area contributed by atoms with E-state index >= 15 is 0 Å². The average molecular weight is 422 g/mol. The molecule has 3 N–H and O–H groups in total. The topological polar surface area (TPSA) is 78.7 Å². The van der Waals surface area contributed by atoms with Gasteiger partial charge in [0.25, 0.3) is 0 Å². The van der Waals surface area contributed by atoms with Crippen LogP contribution in [0.2, 0.25) is 0 Å². The highest BCUT2D eigenvalue weighted by molar-refractivity contribution is 14.0. The summed E-state index contributed by atoms with van der Waals surface area (Å²) in [5.41, 5.74) is 0.843. The molecule has 0 radical (unpaired) electrons. The molecule has 0 spiro atoms. The maximum atomic E-state index is 11.7. The lowest BCUT2D eigenvalue weighted by Crippen LogP contribution is -2.48. The van der Waals surface area contributed by atoms with E-state index in [0.717, 1.165) is 17.1 Å². The number of aryl methyl sites for hydroxylation is 2. The molecular formula is C15H27IN4O2. The summed E-state index contributed by atoms with van der Waals surface area (Å²) < 4.78 is 5.47. The first kappa shape index (κ1) is 20.8. The van der Waals surface area contributed by atoms with E-state index in [1.54, 1.807) is 7.05 Å². The predicted octanol–water partition coefficient (Wildman–Crippen LogP) is 2.09. The van der Waals surface area contributed by atoms with E-state index in [1.165, 1.54) is 0 Å². The van der Waals surface area contributed by atoms with Gasteiger partial charge in [-0.2, -0.15) is 0 Å². The highest BCUT2D eigenvalue weighted by atomic mass is 127. The van der Waals surface area contributed by atoms with Gasteiger partial charge in [-0.05, 0) is 40.7 Å². The van der Waals surface area contributed by atoms with Crippen molar-refractivity contribution in [1.29, 1.82) is 0 Å². The van der Waals surface area contributed by atoms with Crippen molar-refractivity contribution in [2.75, 3.05) is 13.6 Å². The molecule has 0 atom stereocenters. The molecule has 7 heteroatoms. The van der Waals surface area contributed by atoms with Crippen LogP contribution in [0.3, 0.4) is 0 Å². The summed E-state index contributed by atoms with van der Waals surface area (Å²) in [6.45, 7) is 10.5. The Hall–Kier alpha value is -1.25. The molecule has 0 aliphatic heterocycles. The van der Waals surface area contributed by atoms with Crippen LogP contribution in [0, 0.1) is 13.8 Å². The molecule has 0 aliphatic carbocycles. The van der Waals surface area contributed by atoms with Crippen LogP contribution in [0.1, 0.15) is 37.9 Å². The zero-order chi connectivity index (χ0) is 16.0. The molecule has 0 bridgehead atoms. The zero-order valence-electron chi connectivity index (χ0n) is 14.2. The van der Waals surface area contributed by atoms with Crippen molar-refractivity contribution < 1.29 is 9.21 Å². The van der Waals surface area contributed by atoms with Gasteiger partial charge >= 0.3 is 0 Å². The van der Waals surface area contributed by atoms with Gasteiger partial charge in [-0.15, -0.1) is 24.0 Å². The van der Waals surface area contributed by atoms with Crippen LogP contribution in [0.15, 0.2) is 15.5 Å². The van der Waals surface area contributed by atoms with Gasteiger partial charge in [-0.25, -0.2) is 0 Å². The maximum Gasteiger partial charge on any atom is 0.239 e. The number of carbonyl (C=O) groups is 1. The van der Waals surface area contributed by atoms with Crippen LogP contribution in [0.4, 0.5) is 0 Å². The smallest absolute Gasteiger partial charge is 0.239 e. The Morgan fingerprint density at radius 2 is 1.91 bits per heavy atom. The van der Waals surface area contributed by atoms with Gasteiger partial charge in [0.15, 0.2) is 5.96 Å². The summed E-state index contributed by atoms with van der Waals surface area (Å²) in [6.07, 6.45) is 0. The molecule has 0 aliphatic rings. The molecule has 0 saturated carbocycles. The second kappa shape index (κ2) is 9.02. The minimum absolute atomic E-state index is 0. The van der Waals surface area contributed by atoms with Crippen molar-refractivity contribution in [3.05, 3.63) is 23.2 Å². The normalized spacial score (nSPS) is 11.6. The van der Waals surface area contributed by atoms with Gasteiger partial charge in [0, 0.05) is 24.7 Å². The average Bonchev–Trinajstić information content (AvgIpc) is 2.66. The third kappa shape index (κ3) is 7.67. The van der Waals surface area contributed by atoms with Gasteiger partial charge in [0.2, 0.25) is 5.91 Å². The molecule has 1 rings (SSSR count). The lowest BCUT2D eigenvalue weighted by molar-refractivity contribution is -0.121. The number of aliphatic imine (C=N–C) groups is 1. The number of halogens is 1. The van der Waals surface area contributed by atoms with Crippen LogP contribution < -0.4 is 16.0 Å². The van der Waals surface area contributed by atoms with E-state index in [-0.39, 0.29) is 42.0 Å². The lowest BCUT2D eigenvalue weighted by atomic mass is 10.1. The Kier molecular flexibility index (Phi) is 8.50. The number of guanidine groups is 1. The molecule has 1 aromatic heterocycles. The van der Waals surface area contributed by atoms with E-state index in [2.05, 4.69) is 20.9 Å². The molecule has 0 unspecified atom stereocenters. The molecule has 6 nitrogen and oxygen atoms in total. The Balaban J connectivity index is 0.00000441. The van der Waals surface area contributed by atoms with Crippen molar-refractivity contribution in [3.63, 3.8) is 0 Å². The van der Waals surface area contributed by atoms with Crippen LogP contribution in [-0.2, 0) is 11.3 Å². The van der Waals surface area contributed by atoms with Crippen LogP contribution >= 0.6 is 24.0 Å². The summed E-state index contributed by atoms with van der Waals surface area (Å²) in [7, 11) is 1.67. The number of carbonyl (C=O) groups excluding carboxylic acids is 1. The highest BCUT2D eigenvalue weighted by Gasteiger charge is 2.13. The highest BCUT2D eigenvalue weighted by Crippen LogP contribution is 2.12. The van der Waals surface area contributed by atoms with Crippen molar-refractivity contribution in [2.24, 2.45) is 4.99 Å². The third-order valence-electron chi connectivity index (χ3n) is 2.74. The predicted molar refractivity (Wildman–Crippen MR) is 99.7 cm³/mol. The van der Waals surface area contributed by atoms with Crippen molar-refractivity contribution in [2.45, 2.75) is 46.7 Å². The van der Waals surface area contributed by atoms with Crippen LogP contribution in [0.5, 0.6) is 0 Å². The SMILES string of the molecule is CN=C(NCC(=O)NC(C)(C)C)NCc1cc(C)oc1C.I. The van der Waals surface area contributed by atoms with Crippen LogP contribution in [-0.4, -0.2) is 31.0 Å². The molecule has 0 fully saturated rings. The van der Waals surface area contributed by atoms with E-state index in [4.69, 9.17) is 4.42 Å². The van der Waals surface area contributed by atoms with Crippen molar-refractivity contribution in [3.8, 4) is 0 Å². The minimum atomic E-state index is -0.235. The summed E-state index contributed by atoms with van der Waals surface area (Å²) >= 11 is 0. The molecule has 1 amide bonds. The molecule has 0 saturated heterocycles. The van der Waals surface area contributed by atoms with Gasteiger partial charge in [-0.3, -0.25) is 9.79 Å². The zero-order valence-corrected chi connectivity index (χ0v) is 16.5. The summed E-state index contributed by atoms with van der Waals surface area (Å²) in [6, 6.07) is 1.99. The Morgan fingerprint density at radius 1 is 1.27 bits per heavy atom. The summed E-state index contributed by atoms with van der Waals surface area (Å²) in [5, 5.41) is 9.03. The first-order chi connectivity index (χ1) is 9.71. The van der Waals surface area contributed by atoms with Gasteiger partial charge < -0.3 is 20.4 Å². The minimum Gasteiger partial charge on any atom is -0.466 e. The largest absolute Gasteiger partial charge is 0.466 e. The van der Waals surface area contributed by atoms with E-state index in [9.17, 15) is 4.79 Å². The Labute approximate surface area is 149 Å². The van der Waals surface area contributed by atoms with Gasteiger partial charge in [0.05, 0.1) is 6.54 Å². The second-order valence-corrected chi connectivity index (χ2v) is 6.02. The third-order valence-corrected chi connectivity index (χ3v) is 2.74. The summed E-state index contributed by atoms with van der Waals surface area (Å²) in [4.78, 5) is 15.8. The van der Waals surface area contributed by atoms with E-state index < -0.39 is 0 Å². The first-order valence-corrected chi connectivity index (χ1v) is 7.02.